The van der Waals surface area contributed by atoms with E-state index in [4.69, 9.17) is 5.11 Å². The van der Waals surface area contributed by atoms with Crippen LogP contribution in [-0.2, 0) is 9.59 Å². The minimum Gasteiger partial charge on any atom is -0.548 e. The fourth-order valence-corrected chi connectivity index (χ4v) is 1.55. The first-order valence-electron chi connectivity index (χ1n) is 5.95. The molecule has 0 heterocycles. The number of hydrogen-bond donors (Lipinski definition) is 3. The quantitative estimate of drug-likeness (QED) is 0.615. The van der Waals surface area contributed by atoms with Crippen LogP contribution in [0.5, 0.6) is 0 Å². The molecule has 0 bridgehead atoms. The van der Waals surface area contributed by atoms with Gasteiger partial charge < -0.3 is 25.6 Å². The number of carboxylic acids is 2. The van der Waals surface area contributed by atoms with Gasteiger partial charge in [-0.15, -0.1) is 0 Å². The second-order valence-electron chi connectivity index (χ2n) is 4.10. The number of nitrogens with one attached hydrogen (secondary N) is 2. The number of benzene rings is 1. The lowest BCUT2D eigenvalue weighted by Crippen LogP contribution is -2.48. The predicted molar refractivity (Wildman–Crippen MR) is 69.1 cm³/mol. The van der Waals surface area contributed by atoms with Gasteiger partial charge in [0, 0.05) is 24.7 Å². The second-order valence-corrected chi connectivity index (χ2v) is 4.10. The number of hydrogen-bond acceptors (Lipinski definition) is 5. The Morgan fingerprint density at radius 3 is 2.30 bits per heavy atom. The summed E-state index contributed by atoms with van der Waals surface area (Å²) in [5.41, 5.74) is 1.09. The summed E-state index contributed by atoms with van der Waals surface area (Å²) in [7, 11) is 1.73. The Balaban J connectivity index is 2.69. The number of carbonyl (C=O) groups is 3. The lowest BCUT2D eigenvalue weighted by molar-refractivity contribution is -0.308. The van der Waals surface area contributed by atoms with Crippen molar-refractivity contribution in [2.45, 2.75) is 18.9 Å². The van der Waals surface area contributed by atoms with Crippen LogP contribution in [0.1, 0.15) is 23.2 Å². The number of anilines is 1. The summed E-state index contributed by atoms with van der Waals surface area (Å²) < 4.78 is 0. The molecule has 0 saturated heterocycles. The Morgan fingerprint density at radius 2 is 1.85 bits per heavy atom. The molecular formula is C13H15N2O5-. The van der Waals surface area contributed by atoms with Crippen molar-refractivity contribution in [1.82, 2.24) is 5.32 Å². The molecule has 0 aliphatic rings. The third-order valence-corrected chi connectivity index (χ3v) is 2.67. The maximum Gasteiger partial charge on any atom is 0.303 e. The van der Waals surface area contributed by atoms with Crippen LogP contribution in [0, 0.1) is 0 Å². The van der Waals surface area contributed by atoms with Crippen LogP contribution in [0.25, 0.3) is 0 Å². The molecule has 1 aromatic rings. The first-order valence-corrected chi connectivity index (χ1v) is 5.95. The van der Waals surface area contributed by atoms with Gasteiger partial charge in [-0.1, -0.05) is 0 Å². The standard InChI is InChI=1S/C13H16N2O5/c1-14-9-4-2-8(3-5-9)12(18)15-10(13(19)20)6-7-11(16)17/h2-5,10,14H,6-7H2,1H3,(H,15,18)(H,16,17)(H,19,20)/p-1/t10-/m0/s1. The van der Waals surface area contributed by atoms with Crippen molar-refractivity contribution in [3.63, 3.8) is 0 Å². The lowest BCUT2D eigenvalue weighted by atomic mass is 10.1. The van der Waals surface area contributed by atoms with E-state index in [-0.39, 0.29) is 18.4 Å². The molecule has 0 unspecified atom stereocenters. The van der Waals surface area contributed by atoms with Crippen molar-refractivity contribution in [1.29, 1.82) is 0 Å². The smallest absolute Gasteiger partial charge is 0.303 e. The van der Waals surface area contributed by atoms with Gasteiger partial charge in [-0.2, -0.15) is 0 Å². The normalized spacial score (nSPS) is 11.4. The molecule has 0 fully saturated rings. The van der Waals surface area contributed by atoms with E-state index in [1.807, 2.05) is 0 Å². The Kier molecular flexibility index (Phi) is 5.52. The summed E-state index contributed by atoms with van der Waals surface area (Å²) in [4.78, 5) is 33.1. The zero-order valence-electron chi connectivity index (χ0n) is 10.9. The fourth-order valence-electron chi connectivity index (χ4n) is 1.55. The van der Waals surface area contributed by atoms with Gasteiger partial charge in [-0.3, -0.25) is 9.59 Å². The molecule has 3 N–H and O–H groups in total. The van der Waals surface area contributed by atoms with Crippen LogP contribution in [0.2, 0.25) is 0 Å². The highest BCUT2D eigenvalue weighted by Gasteiger charge is 2.16. The maximum atomic E-state index is 11.8. The predicted octanol–water partition coefficient (Wildman–Crippen LogP) is -0.559. The molecule has 0 aliphatic carbocycles. The molecule has 1 rings (SSSR count). The topological polar surface area (TPSA) is 119 Å². The number of aliphatic carboxylic acids is 2. The number of carbonyl (C=O) groups excluding carboxylic acids is 2. The molecule has 1 atom stereocenters. The van der Waals surface area contributed by atoms with E-state index in [2.05, 4.69) is 10.6 Å². The molecule has 0 aromatic heterocycles. The van der Waals surface area contributed by atoms with Crippen LogP contribution in [-0.4, -0.2) is 36.0 Å². The lowest BCUT2D eigenvalue weighted by Gasteiger charge is -2.19. The number of carboxylic acid groups (broad SMARTS) is 2. The fraction of sp³-hybridized carbons (Fsp3) is 0.308. The van der Waals surface area contributed by atoms with E-state index in [1.165, 1.54) is 12.1 Å². The average Bonchev–Trinajstić information content (AvgIpc) is 2.42. The van der Waals surface area contributed by atoms with E-state index in [0.717, 1.165) is 5.69 Å². The van der Waals surface area contributed by atoms with E-state index >= 15 is 0 Å². The minimum atomic E-state index is -1.51. The third-order valence-electron chi connectivity index (χ3n) is 2.67. The van der Waals surface area contributed by atoms with Crippen molar-refractivity contribution in [2.24, 2.45) is 0 Å². The highest BCUT2D eigenvalue weighted by Crippen LogP contribution is 2.09. The van der Waals surface area contributed by atoms with Crippen molar-refractivity contribution in [3.05, 3.63) is 29.8 Å². The van der Waals surface area contributed by atoms with Crippen molar-refractivity contribution >= 4 is 23.5 Å². The summed E-state index contributed by atoms with van der Waals surface area (Å²) in [6.45, 7) is 0. The first kappa shape index (κ1) is 15.5. The van der Waals surface area contributed by atoms with Crippen molar-refractivity contribution < 1.29 is 24.6 Å². The Hall–Kier alpha value is -2.57. The molecular weight excluding hydrogens is 264 g/mol. The molecule has 20 heavy (non-hydrogen) atoms. The van der Waals surface area contributed by atoms with E-state index in [9.17, 15) is 19.5 Å². The highest BCUT2D eigenvalue weighted by atomic mass is 16.4. The molecule has 108 valence electrons. The van der Waals surface area contributed by atoms with Gasteiger partial charge in [-0.25, -0.2) is 0 Å². The molecule has 1 aromatic carbocycles. The summed E-state index contributed by atoms with van der Waals surface area (Å²) >= 11 is 0. The van der Waals surface area contributed by atoms with Gasteiger partial charge in [0.05, 0.1) is 12.0 Å². The summed E-state index contributed by atoms with van der Waals surface area (Å²) in [5.74, 6) is -3.23. The molecule has 7 heteroatoms. The van der Waals surface area contributed by atoms with E-state index in [1.54, 1.807) is 19.2 Å². The van der Waals surface area contributed by atoms with Gasteiger partial charge in [-0.05, 0) is 30.7 Å². The Bertz CT molecular complexity index is 498. The molecule has 0 aliphatic heterocycles. The van der Waals surface area contributed by atoms with Crippen LogP contribution in [0.15, 0.2) is 24.3 Å². The number of amides is 1. The SMILES string of the molecule is CNc1ccc(C(=O)N[C@@H](CCC(=O)O)C(=O)[O-])cc1. The first-order chi connectivity index (χ1) is 9.43. The van der Waals surface area contributed by atoms with Gasteiger partial charge in [0.25, 0.3) is 5.91 Å². The third kappa shape index (κ3) is 4.60. The number of rotatable bonds is 7. The summed E-state index contributed by atoms with van der Waals surface area (Å²) in [5, 5.41) is 24.5. The van der Waals surface area contributed by atoms with Crippen LogP contribution < -0.4 is 15.7 Å². The largest absolute Gasteiger partial charge is 0.548 e. The van der Waals surface area contributed by atoms with Crippen molar-refractivity contribution in [3.8, 4) is 0 Å². The van der Waals surface area contributed by atoms with Gasteiger partial charge in [0.15, 0.2) is 0 Å². The molecule has 0 saturated carbocycles. The summed E-state index contributed by atoms with van der Waals surface area (Å²) in [6.07, 6.45) is -0.588. The van der Waals surface area contributed by atoms with Gasteiger partial charge in [0.1, 0.15) is 0 Å². The second kappa shape index (κ2) is 7.13. The van der Waals surface area contributed by atoms with Gasteiger partial charge in [0.2, 0.25) is 0 Å². The zero-order chi connectivity index (χ0) is 15.1. The van der Waals surface area contributed by atoms with Crippen LogP contribution >= 0.6 is 0 Å². The minimum absolute atomic E-state index is 0.224. The molecule has 0 spiro atoms. The van der Waals surface area contributed by atoms with Crippen molar-refractivity contribution in [2.75, 3.05) is 12.4 Å². The molecule has 0 radical (unpaired) electrons. The van der Waals surface area contributed by atoms with Gasteiger partial charge >= 0.3 is 5.97 Å². The molecule has 1 amide bonds. The monoisotopic (exact) mass is 279 g/mol. The van der Waals surface area contributed by atoms with E-state index in [0.29, 0.717) is 0 Å². The van der Waals surface area contributed by atoms with Crippen LogP contribution in [0.4, 0.5) is 5.69 Å². The maximum absolute atomic E-state index is 11.8. The zero-order valence-corrected chi connectivity index (χ0v) is 10.9. The van der Waals surface area contributed by atoms with Crippen LogP contribution in [0.3, 0.4) is 0 Å². The summed E-state index contributed by atoms with van der Waals surface area (Å²) in [6, 6.07) is 5.07. The van der Waals surface area contributed by atoms with E-state index < -0.39 is 23.9 Å². The molecule has 7 nitrogen and oxygen atoms in total. The Morgan fingerprint density at radius 1 is 1.25 bits per heavy atom. The Labute approximate surface area is 115 Å². The highest BCUT2D eigenvalue weighted by molar-refractivity contribution is 5.96. The average molecular weight is 279 g/mol.